The summed E-state index contributed by atoms with van der Waals surface area (Å²) in [6, 6.07) is 4.72. The molecule has 0 radical (unpaired) electrons. The predicted octanol–water partition coefficient (Wildman–Crippen LogP) is 1.44. The number of carbonyl (C=O) groups is 3. The van der Waals surface area contributed by atoms with Crippen molar-refractivity contribution in [3.05, 3.63) is 35.6 Å². The molecule has 0 unspecified atom stereocenters. The van der Waals surface area contributed by atoms with Crippen LogP contribution in [0, 0.1) is 5.82 Å². The van der Waals surface area contributed by atoms with Crippen LogP contribution in [0.2, 0.25) is 0 Å². The van der Waals surface area contributed by atoms with Crippen molar-refractivity contribution < 1.29 is 23.9 Å². The lowest BCUT2D eigenvalue weighted by molar-refractivity contribution is -0.139. The molecular formula is C11H9FO4. The first-order valence-electron chi connectivity index (χ1n) is 4.51. The lowest BCUT2D eigenvalue weighted by Gasteiger charge is -1.99. The van der Waals surface area contributed by atoms with Gasteiger partial charge in [0.15, 0.2) is 11.6 Å². The van der Waals surface area contributed by atoms with Gasteiger partial charge < -0.3 is 5.11 Å². The van der Waals surface area contributed by atoms with Gasteiger partial charge in [-0.25, -0.2) is 4.39 Å². The van der Waals surface area contributed by atoms with Gasteiger partial charge in [-0.2, -0.15) is 0 Å². The normalized spacial score (nSPS) is 9.81. The van der Waals surface area contributed by atoms with E-state index in [0.717, 1.165) is 12.1 Å². The molecule has 16 heavy (non-hydrogen) atoms. The molecule has 0 bridgehead atoms. The molecule has 0 spiro atoms. The molecule has 5 heteroatoms. The van der Waals surface area contributed by atoms with Gasteiger partial charge in [0.1, 0.15) is 12.2 Å². The minimum atomic E-state index is -1.27. The molecule has 0 amide bonds. The monoisotopic (exact) mass is 224 g/mol. The molecule has 0 aliphatic rings. The number of ketones is 2. The molecule has 1 rings (SSSR count). The van der Waals surface area contributed by atoms with Crippen molar-refractivity contribution in [2.75, 3.05) is 0 Å². The summed E-state index contributed by atoms with van der Waals surface area (Å²) in [6.07, 6.45) is -1.15. The predicted molar refractivity (Wildman–Crippen MR) is 52.6 cm³/mol. The highest BCUT2D eigenvalue weighted by Crippen LogP contribution is 2.06. The van der Waals surface area contributed by atoms with Gasteiger partial charge in [0.05, 0.1) is 6.42 Å². The first-order valence-corrected chi connectivity index (χ1v) is 4.51. The lowest BCUT2D eigenvalue weighted by atomic mass is 10.0. The number of carbonyl (C=O) groups excluding carboxylic acids is 2. The molecule has 1 aromatic rings. The van der Waals surface area contributed by atoms with E-state index < -0.39 is 36.2 Å². The zero-order chi connectivity index (χ0) is 12.1. The minimum absolute atomic E-state index is 0.195. The summed E-state index contributed by atoms with van der Waals surface area (Å²) in [4.78, 5) is 32.6. The maximum absolute atomic E-state index is 12.5. The van der Waals surface area contributed by atoms with Crippen molar-refractivity contribution in [1.82, 2.24) is 0 Å². The fraction of sp³-hybridized carbons (Fsp3) is 0.182. The summed E-state index contributed by atoms with van der Waals surface area (Å²) in [5.74, 6) is -2.92. The summed E-state index contributed by atoms with van der Waals surface area (Å²) >= 11 is 0. The fourth-order valence-electron chi connectivity index (χ4n) is 1.15. The van der Waals surface area contributed by atoms with Crippen LogP contribution in [0.4, 0.5) is 4.39 Å². The molecule has 84 valence electrons. The maximum atomic E-state index is 12.5. The second-order valence-electron chi connectivity index (χ2n) is 3.22. The molecule has 0 heterocycles. The van der Waals surface area contributed by atoms with Crippen LogP contribution in [-0.2, 0) is 9.59 Å². The first kappa shape index (κ1) is 12.0. The molecule has 0 fully saturated rings. The van der Waals surface area contributed by atoms with Crippen LogP contribution in [0.25, 0.3) is 0 Å². The quantitative estimate of drug-likeness (QED) is 0.606. The van der Waals surface area contributed by atoms with Gasteiger partial charge in [-0.05, 0) is 24.3 Å². The first-order chi connectivity index (χ1) is 7.49. The highest BCUT2D eigenvalue weighted by molar-refractivity contribution is 6.11. The number of aliphatic carboxylic acids is 1. The van der Waals surface area contributed by atoms with E-state index in [1.165, 1.54) is 12.1 Å². The van der Waals surface area contributed by atoms with Crippen LogP contribution in [0.5, 0.6) is 0 Å². The van der Waals surface area contributed by atoms with Crippen molar-refractivity contribution >= 4 is 17.5 Å². The van der Waals surface area contributed by atoms with Gasteiger partial charge in [0, 0.05) is 5.56 Å². The summed E-state index contributed by atoms with van der Waals surface area (Å²) < 4.78 is 12.5. The van der Waals surface area contributed by atoms with Gasteiger partial charge >= 0.3 is 5.97 Å². The number of carboxylic acid groups (broad SMARTS) is 1. The number of carboxylic acids is 1. The van der Waals surface area contributed by atoms with Crippen molar-refractivity contribution in [2.45, 2.75) is 12.8 Å². The summed E-state index contributed by atoms with van der Waals surface area (Å²) in [6.45, 7) is 0. The molecule has 0 atom stereocenters. The van der Waals surface area contributed by atoms with E-state index in [4.69, 9.17) is 5.11 Å². The zero-order valence-electron chi connectivity index (χ0n) is 8.27. The Morgan fingerprint density at radius 2 is 1.62 bits per heavy atom. The highest BCUT2D eigenvalue weighted by atomic mass is 19.1. The lowest BCUT2D eigenvalue weighted by Crippen LogP contribution is -2.12. The van der Waals surface area contributed by atoms with Crippen LogP contribution >= 0.6 is 0 Å². The Morgan fingerprint density at radius 3 is 2.12 bits per heavy atom. The Bertz CT molecular complexity index is 422. The zero-order valence-corrected chi connectivity index (χ0v) is 8.27. The molecule has 4 nitrogen and oxygen atoms in total. The van der Waals surface area contributed by atoms with E-state index in [2.05, 4.69) is 0 Å². The van der Waals surface area contributed by atoms with Gasteiger partial charge in [0.2, 0.25) is 0 Å². The van der Waals surface area contributed by atoms with E-state index in [1.807, 2.05) is 0 Å². The summed E-state index contributed by atoms with van der Waals surface area (Å²) in [5.41, 5.74) is 0.195. The van der Waals surface area contributed by atoms with Crippen molar-refractivity contribution in [1.29, 1.82) is 0 Å². The Morgan fingerprint density at radius 1 is 1.06 bits per heavy atom. The van der Waals surface area contributed by atoms with Crippen LogP contribution in [0.1, 0.15) is 23.2 Å². The molecular weight excluding hydrogens is 215 g/mol. The molecule has 1 aromatic carbocycles. The van der Waals surface area contributed by atoms with Crippen molar-refractivity contribution in [3.8, 4) is 0 Å². The maximum Gasteiger partial charge on any atom is 0.310 e. The van der Waals surface area contributed by atoms with Crippen LogP contribution in [0.15, 0.2) is 24.3 Å². The third-order valence-electron chi connectivity index (χ3n) is 1.87. The average Bonchev–Trinajstić information content (AvgIpc) is 2.16. The molecule has 0 aliphatic carbocycles. The highest BCUT2D eigenvalue weighted by Gasteiger charge is 2.14. The Hall–Kier alpha value is -2.04. The van der Waals surface area contributed by atoms with Crippen LogP contribution < -0.4 is 0 Å². The molecule has 1 N–H and O–H groups in total. The Labute approximate surface area is 90.7 Å². The van der Waals surface area contributed by atoms with Crippen molar-refractivity contribution in [2.24, 2.45) is 0 Å². The van der Waals surface area contributed by atoms with E-state index in [9.17, 15) is 18.8 Å². The summed E-state index contributed by atoms with van der Waals surface area (Å²) in [7, 11) is 0. The summed E-state index contributed by atoms with van der Waals surface area (Å²) in [5, 5.41) is 8.32. The number of hydrogen-bond acceptors (Lipinski definition) is 3. The van der Waals surface area contributed by atoms with Crippen molar-refractivity contribution in [3.63, 3.8) is 0 Å². The molecule has 0 saturated carbocycles. The minimum Gasteiger partial charge on any atom is -0.481 e. The second kappa shape index (κ2) is 5.16. The number of rotatable bonds is 5. The second-order valence-corrected chi connectivity index (χ2v) is 3.22. The van der Waals surface area contributed by atoms with Gasteiger partial charge in [-0.3, -0.25) is 14.4 Å². The number of halogens is 1. The molecule has 0 saturated heterocycles. The van der Waals surface area contributed by atoms with E-state index in [-0.39, 0.29) is 5.56 Å². The Balaban J connectivity index is 2.62. The molecule has 0 aliphatic heterocycles. The number of hydrogen-bond donors (Lipinski definition) is 1. The number of Topliss-reactive ketones (excluding diaryl/α,β-unsaturated/α-hetero) is 2. The topological polar surface area (TPSA) is 71.4 Å². The van der Waals surface area contributed by atoms with E-state index >= 15 is 0 Å². The average molecular weight is 224 g/mol. The third-order valence-corrected chi connectivity index (χ3v) is 1.87. The van der Waals surface area contributed by atoms with Crippen LogP contribution in [0.3, 0.4) is 0 Å². The smallest absolute Gasteiger partial charge is 0.310 e. The largest absolute Gasteiger partial charge is 0.481 e. The van der Waals surface area contributed by atoms with Gasteiger partial charge in [0.25, 0.3) is 0 Å². The standard InChI is InChI=1S/C11H9FO4/c12-8-3-1-7(2-4-8)10(14)5-9(13)6-11(15)16/h1-4H,5-6H2,(H,15,16). The Kier molecular flexibility index (Phi) is 3.88. The van der Waals surface area contributed by atoms with Gasteiger partial charge in [-0.1, -0.05) is 0 Å². The molecule has 0 aromatic heterocycles. The fourth-order valence-corrected chi connectivity index (χ4v) is 1.15. The van der Waals surface area contributed by atoms with Gasteiger partial charge in [-0.15, -0.1) is 0 Å². The van der Waals surface area contributed by atoms with E-state index in [1.54, 1.807) is 0 Å². The van der Waals surface area contributed by atoms with Crippen LogP contribution in [-0.4, -0.2) is 22.6 Å². The number of benzene rings is 1. The van der Waals surface area contributed by atoms with E-state index in [0.29, 0.717) is 0 Å². The third kappa shape index (κ3) is 3.61. The SMILES string of the molecule is O=C(O)CC(=O)CC(=O)c1ccc(F)cc1.